The van der Waals surface area contributed by atoms with E-state index in [0.29, 0.717) is 18.9 Å². The molecule has 0 spiro atoms. The summed E-state index contributed by atoms with van der Waals surface area (Å²) in [5.74, 6) is 0.481. The lowest BCUT2D eigenvalue weighted by molar-refractivity contribution is 0.482. The van der Waals surface area contributed by atoms with Crippen LogP contribution in [0, 0.1) is 0 Å². The van der Waals surface area contributed by atoms with Gasteiger partial charge in [-0.2, -0.15) is 17.8 Å². The zero-order chi connectivity index (χ0) is 11.6. The standard InChI is InChI=1S/C9H16N4O2S/c1-2-8-7-10-11-9(8)12-16(14,15)13-5-3-4-6-13/h7H,2-6H2,1H3,(H2,10,11,12). The zero-order valence-corrected chi connectivity index (χ0v) is 10.0. The molecule has 0 aliphatic carbocycles. The Bertz CT molecular complexity index is 448. The lowest BCUT2D eigenvalue weighted by atomic mass is 10.3. The molecule has 1 saturated heterocycles. The molecule has 0 aromatic carbocycles. The maximum atomic E-state index is 11.9. The fourth-order valence-corrected chi connectivity index (χ4v) is 3.09. The van der Waals surface area contributed by atoms with Gasteiger partial charge in [0, 0.05) is 18.7 Å². The molecule has 2 heterocycles. The predicted molar refractivity (Wildman–Crippen MR) is 61.3 cm³/mol. The molecule has 0 bridgehead atoms. The molecule has 6 nitrogen and oxygen atoms in total. The van der Waals surface area contributed by atoms with Crippen molar-refractivity contribution in [1.82, 2.24) is 14.5 Å². The zero-order valence-electron chi connectivity index (χ0n) is 9.23. The van der Waals surface area contributed by atoms with Gasteiger partial charge in [0.05, 0.1) is 6.20 Å². The highest BCUT2D eigenvalue weighted by atomic mass is 32.2. The van der Waals surface area contributed by atoms with Crippen LogP contribution >= 0.6 is 0 Å². The Kier molecular flexibility index (Phi) is 3.15. The van der Waals surface area contributed by atoms with Crippen LogP contribution in [0.25, 0.3) is 0 Å². The van der Waals surface area contributed by atoms with Gasteiger partial charge < -0.3 is 0 Å². The van der Waals surface area contributed by atoms with Crippen LogP contribution in [0.1, 0.15) is 25.3 Å². The molecule has 1 aliphatic rings. The van der Waals surface area contributed by atoms with Gasteiger partial charge in [0.15, 0.2) is 0 Å². The van der Waals surface area contributed by atoms with Crippen LogP contribution in [0.3, 0.4) is 0 Å². The van der Waals surface area contributed by atoms with E-state index in [-0.39, 0.29) is 0 Å². The summed E-state index contributed by atoms with van der Waals surface area (Å²) in [6, 6.07) is 0. The Hall–Kier alpha value is -1.08. The van der Waals surface area contributed by atoms with Gasteiger partial charge in [0.1, 0.15) is 5.82 Å². The summed E-state index contributed by atoms with van der Waals surface area (Å²) in [6.07, 6.45) is 4.26. The number of aromatic nitrogens is 2. The van der Waals surface area contributed by atoms with E-state index in [1.54, 1.807) is 6.20 Å². The second-order valence-electron chi connectivity index (χ2n) is 3.84. The average Bonchev–Trinajstić information content (AvgIpc) is 2.86. The first-order valence-corrected chi connectivity index (χ1v) is 6.87. The normalized spacial score (nSPS) is 17.8. The topological polar surface area (TPSA) is 78.1 Å². The van der Waals surface area contributed by atoms with Crippen LogP contribution in [0.15, 0.2) is 6.20 Å². The third kappa shape index (κ3) is 2.19. The number of nitrogens with one attached hydrogen (secondary N) is 2. The number of H-pyrrole nitrogens is 1. The van der Waals surface area contributed by atoms with E-state index < -0.39 is 10.2 Å². The van der Waals surface area contributed by atoms with Crippen molar-refractivity contribution in [3.8, 4) is 0 Å². The van der Waals surface area contributed by atoms with Gasteiger partial charge in [0.2, 0.25) is 0 Å². The lowest BCUT2D eigenvalue weighted by Crippen LogP contribution is -2.33. The number of aromatic amines is 1. The van der Waals surface area contributed by atoms with Crippen LogP contribution in [0.2, 0.25) is 0 Å². The smallest absolute Gasteiger partial charge is 0.262 e. The van der Waals surface area contributed by atoms with Crippen molar-refractivity contribution in [2.75, 3.05) is 17.8 Å². The van der Waals surface area contributed by atoms with Gasteiger partial charge in [-0.05, 0) is 19.3 Å². The molecule has 0 radical (unpaired) electrons. The van der Waals surface area contributed by atoms with Crippen molar-refractivity contribution >= 4 is 16.0 Å². The third-order valence-electron chi connectivity index (χ3n) is 2.73. The number of hydrogen-bond acceptors (Lipinski definition) is 3. The molecule has 0 unspecified atom stereocenters. The first kappa shape index (κ1) is 11.4. The SMILES string of the molecule is CCc1cn[nH]c1NS(=O)(=O)N1CCCC1. The van der Waals surface area contributed by atoms with E-state index in [4.69, 9.17) is 0 Å². The van der Waals surface area contributed by atoms with Crippen LogP contribution in [-0.2, 0) is 16.6 Å². The number of aryl methyl sites for hydroxylation is 1. The van der Waals surface area contributed by atoms with E-state index >= 15 is 0 Å². The summed E-state index contributed by atoms with van der Waals surface area (Å²) in [6.45, 7) is 3.16. The molecule has 7 heteroatoms. The highest BCUT2D eigenvalue weighted by molar-refractivity contribution is 7.90. The number of rotatable bonds is 4. The van der Waals surface area contributed by atoms with Crippen molar-refractivity contribution in [3.05, 3.63) is 11.8 Å². The minimum Gasteiger partial charge on any atom is -0.262 e. The molecule has 90 valence electrons. The highest BCUT2D eigenvalue weighted by Gasteiger charge is 2.26. The van der Waals surface area contributed by atoms with E-state index in [9.17, 15) is 8.42 Å². The molecule has 1 aromatic rings. The Labute approximate surface area is 95.2 Å². The van der Waals surface area contributed by atoms with Gasteiger partial charge in [-0.3, -0.25) is 9.82 Å². The summed E-state index contributed by atoms with van der Waals surface area (Å²) < 4.78 is 27.9. The molecule has 2 N–H and O–H groups in total. The quantitative estimate of drug-likeness (QED) is 0.819. The van der Waals surface area contributed by atoms with Crippen LogP contribution in [0.4, 0.5) is 5.82 Å². The molecule has 1 aliphatic heterocycles. The Morgan fingerprint density at radius 3 is 2.81 bits per heavy atom. The van der Waals surface area contributed by atoms with Crippen molar-refractivity contribution < 1.29 is 8.42 Å². The third-order valence-corrected chi connectivity index (χ3v) is 4.24. The fraction of sp³-hybridized carbons (Fsp3) is 0.667. The monoisotopic (exact) mass is 244 g/mol. The molecule has 1 fully saturated rings. The van der Waals surface area contributed by atoms with E-state index in [1.807, 2.05) is 6.92 Å². The van der Waals surface area contributed by atoms with Gasteiger partial charge in [-0.25, -0.2) is 0 Å². The Morgan fingerprint density at radius 1 is 1.50 bits per heavy atom. The molecular formula is C9H16N4O2S. The maximum Gasteiger partial charge on any atom is 0.302 e. The summed E-state index contributed by atoms with van der Waals surface area (Å²) in [5.41, 5.74) is 0.878. The average molecular weight is 244 g/mol. The number of nitrogens with zero attached hydrogens (tertiary/aromatic N) is 2. The van der Waals surface area contributed by atoms with E-state index in [2.05, 4.69) is 14.9 Å². The van der Waals surface area contributed by atoms with Crippen LogP contribution in [0.5, 0.6) is 0 Å². The Balaban J connectivity index is 2.14. The molecule has 1 aromatic heterocycles. The summed E-state index contributed by atoms with van der Waals surface area (Å²) in [4.78, 5) is 0. The minimum atomic E-state index is -3.40. The Morgan fingerprint density at radius 2 is 2.19 bits per heavy atom. The van der Waals surface area contributed by atoms with Gasteiger partial charge >= 0.3 is 10.2 Å². The van der Waals surface area contributed by atoms with Crippen molar-refractivity contribution in [3.63, 3.8) is 0 Å². The molecule has 2 rings (SSSR count). The minimum absolute atomic E-state index is 0.481. The number of hydrogen-bond donors (Lipinski definition) is 2. The second-order valence-corrected chi connectivity index (χ2v) is 5.51. The first-order chi connectivity index (χ1) is 7.63. The second kappa shape index (κ2) is 4.42. The van der Waals surface area contributed by atoms with E-state index in [1.165, 1.54) is 4.31 Å². The van der Waals surface area contributed by atoms with Crippen LogP contribution in [-0.4, -0.2) is 36.0 Å². The first-order valence-electron chi connectivity index (χ1n) is 5.43. The molecule has 0 saturated carbocycles. The van der Waals surface area contributed by atoms with Crippen molar-refractivity contribution in [2.24, 2.45) is 0 Å². The molecular weight excluding hydrogens is 228 g/mol. The molecule has 0 amide bonds. The fourth-order valence-electron chi connectivity index (χ4n) is 1.79. The van der Waals surface area contributed by atoms with Crippen molar-refractivity contribution in [2.45, 2.75) is 26.2 Å². The largest absolute Gasteiger partial charge is 0.302 e. The van der Waals surface area contributed by atoms with Gasteiger partial charge in [-0.1, -0.05) is 6.92 Å². The van der Waals surface area contributed by atoms with Crippen molar-refractivity contribution in [1.29, 1.82) is 0 Å². The van der Waals surface area contributed by atoms with E-state index in [0.717, 1.165) is 24.8 Å². The summed E-state index contributed by atoms with van der Waals surface area (Å²) in [7, 11) is -3.40. The maximum absolute atomic E-state index is 11.9. The van der Waals surface area contributed by atoms with Crippen LogP contribution < -0.4 is 4.72 Å². The number of anilines is 1. The highest BCUT2D eigenvalue weighted by Crippen LogP contribution is 2.18. The lowest BCUT2D eigenvalue weighted by Gasteiger charge is -2.16. The molecule has 16 heavy (non-hydrogen) atoms. The summed E-state index contributed by atoms with van der Waals surface area (Å²) >= 11 is 0. The predicted octanol–water partition coefficient (Wildman–Crippen LogP) is 0.725. The summed E-state index contributed by atoms with van der Waals surface area (Å²) in [5, 5.41) is 6.50. The van der Waals surface area contributed by atoms with Gasteiger partial charge in [0.25, 0.3) is 0 Å². The van der Waals surface area contributed by atoms with Gasteiger partial charge in [-0.15, -0.1) is 0 Å². The molecule has 0 atom stereocenters.